The smallest absolute Gasteiger partial charge is 0.226 e. The molecule has 2 aromatic rings. The van der Waals surface area contributed by atoms with Crippen LogP contribution in [-0.4, -0.2) is 56.8 Å². The predicted octanol–water partition coefficient (Wildman–Crippen LogP) is -0.939. The maximum Gasteiger partial charge on any atom is 0.226 e. The molecule has 0 fully saturated rings. The van der Waals surface area contributed by atoms with Gasteiger partial charge >= 0.3 is 0 Å². The number of benzene rings is 2. The Balaban J connectivity index is 2.59. The molecule has 0 saturated carbocycles. The summed E-state index contributed by atoms with van der Waals surface area (Å²) in [7, 11) is 0. The van der Waals surface area contributed by atoms with Gasteiger partial charge in [0.05, 0.1) is 22.3 Å². The number of phenolic OH excluding ortho intramolecular Hbond substituents is 8. The quantitative estimate of drug-likeness (QED) is 0.158. The summed E-state index contributed by atoms with van der Waals surface area (Å²) in [5, 5.41) is 98.2. The molecule has 25 heavy (non-hydrogen) atoms. The van der Waals surface area contributed by atoms with E-state index in [2.05, 4.69) is 0 Å². The van der Waals surface area contributed by atoms with Crippen molar-refractivity contribution in [3.05, 3.63) is 22.3 Å². The number of phenols is 8. The van der Waals surface area contributed by atoms with Crippen LogP contribution in [0.5, 0.6) is 46.0 Å². The number of aromatic hydroxyl groups is 8. The Morgan fingerprint density at radius 3 is 1.08 bits per heavy atom. The minimum Gasteiger partial charge on any atom is -0.504 e. The Hall–Kier alpha value is -3.57. The van der Waals surface area contributed by atoms with Crippen LogP contribution in [0.25, 0.3) is 0 Å². The summed E-state index contributed by atoms with van der Waals surface area (Å²) in [6.45, 7) is 0. The molecule has 0 saturated heterocycles. The van der Waals surface area contributed by atoms with E-state index in [4.69, 9.17) is 0 Å². The fraction of sp³-hybridized carbons (Fsp3) is 0.0714. The van der Waals surface area contributed by atoms with Crippen molar-refractivity contribution in [1.29, 1.82) is 0 Å². The number of aliphatic hydroxyl groups is 2. The fourth-order valence-electron chi connectivity index (χ4n) is 2.77. The molecule has 0 aromatic heterocycles. The summed E-state index contributed by atoms with van der Waals surface area (Å²) in [5.74, 6) is -16.1. The maximum atomic E-state index is 12.5. The lowest BCUT2D eigenvalue weighted by Crippen LogP contribution is -2.35. The number of fused-ring (bicyclic) bond motifs is 2. The third-order valence-corrected chi connectivity index (χ3v) is 3.94. The molecule has 132 valence electrons. The fourth-order valence-corrected chi connectivity index (χ4v) is 2.77. The van der Waals surface area contributed by atoms with E-state index < -0.39 is 79.8 Å². The standard InChI is InChI=1S/C14H10O11/c15-5-1-3(8(18)12(22)10(20)6(1)16)14(24,25)4-2(5)7(17)11(21)13(23)9(4)19/h16-25H. The lowest BCUT2D eigenvalue weighted by molar-refractivity contribution is -0.136. The first kappa shape index (κ1) is 16.3. The average molecular weight is 354 g/mol. The number of rotatable bonds is 0. The summed E-state index contributed by atoms with van der Waals surface area (Å²) < 4.78 is 0. The van der Waals surface area contributed by atoms with Gasteiger partial charge in [-0.25, -0.2) is 0 Å². The number of hydrogen-bond donors (Lipinski definition) is 10. The molecule has 2 aromatic carbocycles. The molecule has 10 N–H and O–H groups in total. The zero-order chi connectivity index (χ0) is 19.0. The second kappa shape index (κ2) is 4.49. The van der Waals surface area contributed by atoms with Crippen molar-refractivity contribution in [2.45, 2.75) is 5.79 Å². The van der Waals surface area contributed by atoms with E-state index in [9.17, 15) is 55.9 Å². The van der Waals surface area contributed by atoms with E-state index in [1.807, 2.05) is 0 Å². The van der Waals surface area contributed by atoms with E-state index >= 15 is 0 Å². The van der Waals surface area contributed by atoms with Crippen molar-refractivity contribution in [3.8, 4) is 46.0 Å². The molecule has 0 spiro atoms. The van der Waals surface area contributed by atoms with Gasteiger partial charge in [-0.3, -0.25) is 4.79 Å². The van der Waals surface area contributed by atoms with Gasteiger partial charge in [-0.2, -0.15) is 0 Å². The highest BCUT2D eigenvalue weighted by Crippen LogP contribution is 2.59. The Bertz CT molecular complexity index is 899. The first-order valence-corrected chi connectivity index (χ1v) is 6.44. The van der Waals surface area contributed by atoms with E-state index in [0.717, 1.165) is 0 Å². The van der Waals surface area contributed by atoms with Gasteiger partial charge in [0.2, 0.25) is 34.6 Å². The Kier molecular flexibility index (Phi) is 2.93. The van der Waals surface area contributed by atoms with Crippen LogP contribution < -0.4 is 0 Å². The predicted molar refractivity (Wildman–Crippen MR) is 74.9 cm³/mol. The zero-order valence-corrected chi connectivity index (χ0v) is 11.9. The topological polar surface area (TPSA) is 219 Å². The number of carbonyl (C=O) groups excluding carboxylic acids is 1. The van der Waals surface area contributed by atoms with Gasteiger partial charge in [-0.05, 0) is 0 Å². The molecular formula is C14H10O11. The number of ketones is 1. The highest BCUT2D eigenvalue weighted by atomic mass is 16.5. The summed E-state index contributed by atoms with van der Waals surface area (Å²) in [6, 6.07) is 0. The monoisotopic (exact) mass is 354 g/mol. The molecule has 0 amide bonds. The van der Waals surface area contributed by atoms with Gasteiger partial charge in [-0.15, -0.1) is 0 Å². The molecular weight excluding hydrogens is 344 g/mol. The molecule has 1 aliphatic rings. The summed E-state index contributed by atoms with van der Waals surface area (Å²) in [5.41, 5.74) is -4.69. The molecule has 1 aliphatic carbocycles. The molecule has 11 heteroatoms. The first-order chi connectivity index (χ1) is 11.4. The molecule has 0 heterocycles. The van der Waals surface area contributed by atoms with Gasteiger partial charge in [-0.1, -0.05) is 0 Å². The highest BCUT2D eigenvalue weighted by molar-refractivity contribution is 6.18. The van der Waals surface area contributed by atoms with Crippen LogP contribution in [-0.2, 0) is 5.79 Å². The average Bonchev–Trinajstić information content (AvgIpc) is 2.55. The minimum absolute atomic E-state index is 1.12. The highest BCUT2D eigenvalue weighted by Gasteiger charge is 2.51. The third kappa shape index (κ3) is 1.67. The van der Waals surface area contributed by atoms with Crippen molar-refractivity contribution < 1.29 is 55.9 Å². The van der Waals surface area contributed by atoms with E-state index in [1.54, 1.807) is 0 Å². The first-order valence-electron chi connectivity index (χ1n) is 6.44. The Morgan fingerprint density at radius 1 is 0.480 bits per heavy atom. The second-order valence-electron chi connectivity index (χ2n) is 5.29. The van der Waals surface area contributed by atoms with Crippen LogP contribution in [0.2, 0.25) is 0 Å². The van der Waals surface area contributed by atoms with Crippen LogP contribution in [0.3, 0.4) is 0 Å². The largest absolute Gasteiger partial charge is 0.504 e. The SMILES string of the molecule is O=C1c2c(O)c(O)c(O)c(O)c2C(O)(O)c2c(O)c(O)c(O)c(O)c21. The third-order valence-electron chi connectivity index (χ3n) is 3.94. The molecule has 0 bridgehead atoms. The van der Waals surface area contributed by atoms with Crippen LogP contribution >= 0.6 is 0 Å². The molecule has 11 nitrogen and oxygen atoms in total. The van der Waals surface area contributed by atoms with Crippen LogP contribution in [0.15, 0.2) is 0 Å². The van der Waals surface area contributed by atoms with Crippen molar-refractivity contribution in [2.24, 2.45) is 0 Å². The van der Waals surface area contributed by atoms with Crippen LogP contribution in [0, 0.1) is 0 Å². The van der Waals surface area contributed by atoms with Crippen molar-refractivity contribution in [2.75, 3.05) is 0 Å². The lowest BCUT2D eigenvalue weighted by atomic mass is 9.78. The van der Waals surface area contributed by atoms with E-state index in [0.29, 0.717) is 0 Å². The van der Waals surface area contributed by atoms with Gasteiger partial charge in [0.25, 0.3) is 0 Å². The molecule has 0 aliphatic heterocycles. The van der Waals surface area contributed by atoms with Crippen molar-refractivity contribution in [3.63, 3.8) is 0 Å². The van der Waals surface area contributed by atoms with Crippen LogP contribution in [0.1, 0.15) is 27.0 Å². The van der Waals surface area contributed by atoms with Crippen molar-refractivity contribution >= 4 is 5.78 Å². The normalized spacial score (nSPS) is 14.9. The lowest BCUT2D eigenvalue weighted by Gasteiger charge is -2.33. The van der Waals surface area contributed by atoms with E-state index in [1.165, 1.54) is 0 Å². The molecule has 0 atom stereocenters. The summed E-state index contributed by atoms with van der Waals surface area (Å²) >= 11 is 0. The van der Waals surface area contributed by atoms with Gasteiger partial charge < -0.3 is 51.1 Å². The second-order valence-corrected chi connectivity index (χ2v) is 5.29. The van der Waals surface area contributed by atoms with Crippen molar-refractivity contribution in [1.82, 2.24) is 0 Å². The minimum atomic E-state index is -3.53. The van der Waals surface area contributed by atoms with Gasteiger partial charge in [0.15, 0.2) is 23.0 Å². The zero-order valence-electron chi connectivity index (χ0n) is 11.9. The molecule has 3 rings (SSSR count). The Labute approximate surface area is 136 Å². The van der Waals surface area contributed by atoms with Crippen LogP contribution in [0.4, 0.5) is 0 Å². The van der Waals surface area contributed by atoms with Gasteiger partial charge in [0, 0.05) is 0 Å². The summed E-state index contributed by atoms with van der Waals surface area (Å²) in [4.78, 5) is 12.5. The maximum absolute atomic E-state index is 12.5. The molecule has 0 unspecified atom stereocenters. The van der Waals surface area contributed by atoms with E-state index in [-0.39, 0.29) is 0 Å². The number of carbonyl (C=O) groups is 1. The number of hydrogen-bond acceptors (Lipinski definition) is 11. The Morgan fingerprint density at radius 2 is 0.760 bits per heavy atom. The van der Waals surface area contributed by atoms with Gasteiger partial charge in [0.1, 0.15) is 0 Å². The molecule has 0 radical (unpaired) electrons. The summed E-state index contributed by atoms with van der Waals surface area (Å²) in [6.07, 6.45) is 0.